The van der Waals surface area contributed by atoms with Crippen LogP contribution >= 0.6 is 11.3 Å². The van der Waals surface area contributed by atoms with Crippen LogP contribution in [0.15, 0.2) is 12.4 Å². The van der Waals surface area contributed by atoms with Crippen molar-refractivity contribution in [2.45, 2.75) is 33.2 Å². The maximum Gasteiger partial charge on any atom is 0.224 e. The van der Waals surface area contributed by atoms with Crippen molar-refractivity contribution >= 4 is 23.1 Å². The van der Waals surface area contributed by atoms with Crippen LogP contribution < -0.4 is 10.6 Å². The highest BCUT2D eigenvalue weighted by Crippen LogP contribution is 2.23. The minimum Gasteiger partial charge on any atom is -0.359 e. The van der Waals surface area contributed by atoms with Crippen molar-refractivity contribution in [2.75, 3.05) is 17.2 Å². The molecule has 7 heteroatoms. The zero-order valence-corrected chi connectivity index (χ0v) is 12.6. The molecule has 2 aromatic rings. The number of halogens is 1. The van der Waals surface area contributed by atoms with Crippen LogP contribution in [0.2, 0.25) is 0 Å². The van der Waals surface area contributed by atoms with Gasteiger partial charge in [0.2, 0.25) is 5.95 Å². The highest BCUT2D eigenvalue weighted by molar-refractivity contribution is 7.11. The van der Waals surface area contributed by atoms with Crippen molar-refractivity contribution < 1.29 is 4.39 Å². The normalized spacial score (nSPS) is 12.2. The van der Waals surface area contributed by atoms with E-state index in [1.807, 2.05) is 27.0 Å². The van der Waals surface area contributed by atoms with Crippen LogP contribution in [-0.4, -0.2) is 21.5 Å². The summed E-state index contributed by atoms with van der Waals surface area (Å²) in [4.78, 5) is 13.5. The molecule has 0 saturated heterocycles. The van der Waals surface area contributed by atoms with Crippen molar-refractivity contribution in [1.29, 1.82) is 0 Å². The van der Waals surface area contributed by atoms with Gasteiger partial charge in [0.05, 0.1) is 12.2 Å². The molecular weight excluding hydrogens is 277 g/mol. The first-order valence-corrected chi connectivity index (χ1v) is 7.37. The molecule has 0 aliphatic rings. The Morgan fingerprint density at radius 3 is 2.80 bits per heavy atom. The molecule has 0 aliphatic heterocycles. The van der Waals surface area contributed by atoms with Gasteiger partial charge in [0, 0.05) is 17.6 Å². The quantitative estimate of drug-likeness (QED) is 0.855. The van der Waals surface area contributed by atoms with E-state index in [0.29, 0.717) is 5.95 Å². The molecule has 0 fully saturated rings. The number of anilines is 2. The monoisotopic (exact) mass is 295 g/mol. The second-order valence-electron chi connectivity index (χ2n) is 4.49. The summed E-state index contributed by atoms with van der Waals surface area (Å²) in [6.07, 6.45) is 3.94. The molecule has 0 aromatic carbocycles. The van der Waals surface area contributed by atoms with Crippen LogP contribution in [-0.2, 0) is 0 Å². The summed E-state index contributed by atoms with van der Waals surface area (Å²) in [6, 6.07) is -0.0999. The molecule has 0 bridgehead atoms. The molecule has 0 spiro atoms. The van der Waals surface area contributed by atoms with Gasteiger partial charge >= 0.3 is 0 Å². The lowest BCUT2D eigenvalue weighted by molar-refractivity contribution is 0.614. The van der Waals surface area contributed by atoms with E-state index in [9.17, 15) is 4.39 Å². The van der Waals surface area contributed by atoms with Crippen molar-refractivity contribution in [3.63, 3.8) is 0 Å². The number of aryl methyl sites for hydroxylation is 1. The summed E-state index contributed by atoms with van der Waals surface area (Å²) in [6.45, 7) is 6.72. The zero-order chi connectivity index (χ0) is 14.5. The standard InChI is InChI=1S/C13H18FN5S/c1-4-5-15-13-17-7-10(14)11(19-13)18-9(3)12-16-6-8(2)20-12/h6-7,9H,4-5H2,1-3H3,(H2,15,17,18,19). The van der Waals surface area contributed by atoms with E-state index in [0.717, 1.165) is 22.9 Å². The Hall–Kier alpha value is -1.76. The fourth-order valence-electron chi connectivity index (χ4n) is 1.63. The van der Waals surface area contributed by atoms with E-state index < -0.39 is 5.82 Å². The third-order valence-electron chi connectivity index (χ3n) is 2.64. The van der Waals surface area contributed by atoms with Gasteiger partial charge in [0.1, 0.15) is 5.01 Å². The second kappa shape index (κ2) is 6.60. The van der Waals surface area contributed by atoms with Gasteiger partial charge in [-0.15, -0.1) is 11.3 Å². The van der Waals surface area contributed by atoms with Gasteiger partial charge in [-0.1, -0.05) is 6.92 Å². The van der Waals surface area contributed by atoms with E-state index in [2.05, 4.69) is 25.6 Å². The third-order valence-corrected chi connectivity index (χ3v) is 3.74. The molecule has 2 heterocycles. The first-order chi connectivity index (χ1) is 9.60. The number of hydrogen-bond donors (Lipinski definition) is 2. The van der Waals surface area contributed by atoms with Gasteiger partial charge in [-0.3, -0.25) is 0 Å². The lowest BCUT2D eigenvalue weighted by atomic mass is 10.3. The van der Waals surface area contributed by atoms with Crippen molar-refractivity contribution in [3.8, 4) is 0 Å². The molecule has 0 saturated carbocycles. The Morgan fingerprint density at radius 2 is 2.15 bits per heavy atom. The minimum absolute atomic E-state index is 0.0999. The van der Waals surface area contributed by atoms with Crippen LogP contribution in [0.3, 0.4) is 0 Å². The smallest absolute Gasteiger partial charge is 0.224 e. The Morgan fingerprint density at radius 1 is 1.35 bits per heavy atom. The predicted molar refractivity (Wildman–Crippen MR) is 79.7 cm³/mol. The molecule has 5 nitrogen and oxygen atoms in total. The van der Waals surface area contributed by atoms with E-state index in [4.69, 9.17) is 0 Å². The van der Waals surface area contributed by atoms with E-state index in [1.54, 1.807) is 11.3 Å². The maximum absolute atomic E-state index is 13.7. The third kappa shape index (κ3) is 3.63. The molecular formula is C13H18FN5S. The molecule has 0 amide bonds. The SMILES string of the molecule is CCCNc1ncc(F)c(NC(C)c2ncc(C)s2)n1. The fraction of sp³-hybridized carbons (Fsp3) is 0.462. The Bertz CT molecular complexity index is 572. The molecule has 0 aliphatic carbocycles. The molecule has 1 unspecified atom stereocenters. The average molecular weight is 295 g/mol. The summed E-state index contributed by atoms with van der Waals surface area (Å²) < 4.78 is 13.7. The summed E-state index contributed by atoms with van der Waals surface area (Å²) >= 11 is 1.58. The van der Waals surface area contributed by atoms with Crippen LogP contribution in [0, 0.1) is 12.7 Å². The van der Waals surface area contributed by atoms with Gasteiger partial charge in [0.25, 0.3) is 0 Å². The molecule has 108 valence electrons. The predicted octanol–water partition coefficient (Wildman–Crippen LogP) is 3.38. The van der Waals surface area contributed by atoms with Crippen LogP contribution in [0.25, 0.3) is 0 Å². The fourth-order valence-corrected chi connectivity index (χ4v) is 2.41. The number of nitrogens with one attached hydrogen (secondary N) is 2. The van der Waals surface area contributed by atoms with E-state index >= 15 is 0 Å². The zero-order valence-electron chi connectivity index (χ0n) is 11.8. The molecule has 2 rings (SSSR count). The molecule has 20 heavy (non-hydrogen) atoms. The molecule has 2 aromatic heterocycles. The molecule has 2 N–H and O–H groups in total. The first-order valence-electron chi connectivity index (χ1n) is 6.55. The number of aromatic nitrogens is 3. The summed E-state index contributed by atoms with van der Waals surface area (Å²) in [5, 5.41) is 6.98. The summed E-state index contributed by atoms with van der Waals surface area (Å²) in [5.41, 5.74) is 0. The lowest BCUT2D eigenvalue weighted by Gasteiger charge is -2.13. The van der Waals surface area contributed by atoms with Gasteiger partial charge in [-0.25, -0.2) is 14.4 Å². The van der Waals surface area contributed by atoms with Crippen LogP contribution in [0.4, 0.5) is 16.2 Å². The average Bonchev–Trinajstić information content (AvgIpc) is 2.86. The number of rotatable bonds is 6. The first kappa shape index (κ1) is 14.6. The van der Waals surface area contributed by atoms with E-state index in [1.165, 1.54) is 6.20 Å². The Kier molecular flexibility index (Phi) is 4.84. The lowest BCUT2D eigenvalue weighted by Crippen LogP contribution is -2.12. The van der Waals surface area contributed by atoms with Gasteiger partial charge in [0.15, 0.2) is 11.6 Å². The topological polar surface area (TPSA) is 62.7 Å². The molecule has 1 atom stereocenters. The second-order valence-corrected chi connectivity index (χ2v) is 5.76. The number of thiazole rings is 1. The minimum atomic E-state index is -0.466. The van der Waals surface area contributed by atoms with Gasteiger partial charge in [-0.05, 0) is 20.3 Å². The van der Waals surface area contributed by atoms with Gasteiger partial charge in [-0.2, -0.15) is 4.98 Å². The highest BCUT2D eigenvalue weighted by atomic mass is 32.1. The van der Waals surface area contributed by atoms with E-state index in [-0.39, 0.29) is 11.9 Å². The summed E-state index contributed by atoms with van der Waals surface area (Å²) in [5.74, 6) is 0.157. The maximum atomic E-state index is 13.7. The van der Waals surface area contributed by atoms with Gasteiger partial charge < -0.3 is 10.6 Å². The van der Waals surface area contributed by atoms with Crippen LogP contribution in [0.1, 0.15) is 36.2 Å². The largest absolute Gasteiger partial charge is 0.359 e. The highest BCUT2D eigenvalue weighted by Gasteiger charge is 2.13. The Balaban J connectivity index is 2.11. The van der Waals surface area contributed by atoms with Crippen LogP contribution in [0.5, 0.6) is 0 Å². The van der Waals surface area contributed by atoms with Crippen molar-refractivity contribution in [3.05, 3.63) is 28.1 Å². The number of hydrogen-bond acceptors (Lipinski definition) is 6. The van der Waals surface area contributed by atoms with Crippen molar-refractivity contribution in [2.24, 2.45) is 0 Å². The molecule has 0 radical (unpaired) electrons. The number of nitrogens with zero attached hydrogens (tertiary/aromatic N) is 3. The summed E-state index contributed by atoms with van der Waals surface area (Å²) in [7, 11) is 0. The van der Waals surface area contributed by atoms with Crippen molar-refractivity contribution in [1.82, 2.24) is 15.0 Å². The Labute approximate surface area is 121 Å².